The van der Waals surface area contributed by atoms with Crippen molar-refractivity contribution in [2.24, 2.45) is 5.84 Å². The summed E-state index contributed by atoms with van der Waals surface area (Å²) in [5.74, 6) is 6.80. The van der Waals surface area contributed by atoms with E-state index in [-0.39, 0.29) is 0 Å². The van der Waals surface area contributed by atoms with Gasteiger partial charge in [0.1, 0.15) is 5.82 Å². The summed E-state index contributed by atoms with van der Waals surface area (Å²) in [7, 11) is 0. The van der Waals surface area contributed by atoms with Crippen molar-refractivity contribution >= 4 is 27.7 Å². The first-order valence-corrected chi connectivity index (χ1v) is 6.78. The van der Waals surface area contributed by atoms with Crippen LogP contribution in [0.2, 0.25) is 0 Å². The molecule has 0 bridgehead atoms. The van der Waals surface area contributed by atoms with Crippen molar-refractivity contribution in [2.75, 3.05) is 17.3 Å². The molecule has 1 aromatic heterocycles. The van der Waals surface area contributed by atoms with Gasteiger partial charge in [-0.1, -0.05) is 37.3 Å². The molecule has 1 atom stereocenters. The minimum absolute atomic E-state index is 0.386. The second-order valence-electron chi connectivity index (χ2n) is 4.23. The molecule has 5 nitrogen and oxygen atoms in total. The smallest absolute Gasteiger partial charge is 0.239 e. The van der Waals surface area contributed by atoms with Crippen LogP contribution in [0, 0.1) is 0 Å². The highest BCUT2D eigenvalue weighted by Crippen LogP contribution is 2.21. The van der Waals surface area contributed by atoms with Crippen LogP contribution in [0.1, 0.15) is 18.4 Å². The van der Waals surface area contributed by atoms with Gasteiger partial charge in [0.05, 0.1) is 4.47 Å². The van der Waals surface area contributed by atoms with Crippen LogP contribution in [0.4, 0.5) is 11.8 Å². The Balaban J connectivity index is 2.02. The summed E-state index contributed by atoms with van der Waals surface area (Å²) >= 11 is 3.41. The summed E-state index contributed by atoms with van der Waals surface area (Å²) in [5.41, 5.74) is 3.72. The molecule has 0 saturated heterocycles. The van der Waals surface area contributed by atoms with Crippen molar-refractivity contribution in [1.29, 1.82) is 0 Å². The Morgan fingerprint density at radius 1 is 1.32 bits per heavy atom. The molecule has 0 saturated carbocycles. The number of nitrogens with zero attached hydrogens (tertiary/aromatic N) is 2. The minimum atomic E-state index is 0.386. The Labute approximate surface area is 120 Å². The Morgan fingerprint density at radius 3 is 2.74 bits per heavy atom. The predicted molar refractivity (Wildman–Crippen MR) is 80.9 cm³/mol. The lowest BCUT2D eigenvalue weighted by Crippen LogP contribution is -2.14. The monoisotopic (exact) mass is 321 g/mol. The van der Waals surface area contributed by atoms with E-state index in [9.17, 15) is 0 Å². The molecule has 2 rings (SSSR count). The molecule has 4 N–H and O–H groups in total. The highest BCUT2D eigenvalue weighted by Gasteiger charge is 2.08. The fourth-order valence-electron chi connectivity index (χ4n) is 1.71. The van der Waals surface area contributed by atoms with Gasteiger partial charge in [-0.3, -0.25) is 5.43 Å². The van der Waals surface area contributed by atoms with Crippen molar-refractivity contribution in [3.8, 4) is 0 Å². The Kier molecular flexibility index (Phi) is 4.70. The van der Waals surface area contributed by atoms with E-state index in [1.807, 2.05) is 18.2 Å². The van der Waals surface area contributed by atoms with E-state index < -0.39 is 0 Å². The Morgan fingerprint density at radius 2 is 2.05 bits per heavy atom. The molecular formula is C13H16BrN5. The van der Waals surface area contributed by atoms with Crippen molar-refractivity contribution in [3.63, 3.8) is 0 Å². The van der Waals surface area contributed by atoms with Crippen LogP contribution in [0.25, 0.3) is 0 Å². The van der Waals surface area contributed by atoms with Crippen LogP contribution in [0.15, 0.2) is 41.0 Å². The summed E-state index contributed by atoms with van der Waals surface area (Å²) in [4.78, 5) is 8.26. The lowest BCUT2D eigenvalue weighted by Gasteiger charge is -2.14. The lowest BCUT2D eigenvalue weighted by molar-refractivity contribution is 0.800. The third kappa shape index (κ3) is 3.65. The number of benzene rings is 1. The number of nitrogens with one attached hydrogen (secondary N) is 2. The first-order chi connectivity index (χ1) is 9.20. The number of anilines is 2. The van der Waals surface area contributed by atoms with Crippen molar-refractivity contribution in [3.05, 3.63) is 46.6 Å². The average molecular weight is 322 g/mol. The number of hydrogen-bond donors (Lipinski definition) is 3. The van der Waals surface area contributed by atoms with E-state index in [1.165, 1.54) is 5.56 Å². The average Bonchev–Trinajstić information content (AvgIpc) is 2.47. The zero-order valence-electron chi connectivity index (χ0n) is 10.6. The van der Waals surface area contributed by atoms with Gasteiger partial charge >= 0.3 is 0 Å². The predicted octanol–water partition coefficient (Wildman–Crippen LogP) is 2.74. The van der Waals surface area contributed by atoms with E-state index in [0.717, 1.165) is 16.8 Å². The number of nitrogens with two attached hydrogens (primary N) is 1. The molecule has 0 amide bonds. The van der Waals surface area contributed by atoms with Crippen molar-refractivity contribution < 1.29 is 0 Å². The number of nitrogen functional groups attached to an aromatic ring is 1. The fraction of sp³-hybridized carbons (Fsp3) is 0.231. The molecule has 100 valence electrons. The highest BCUT2D eigenvalue weighted by atomic mass is 79.9. The molecule has 0 aliphatic heterocycles. The number of hydrogen-bond acceptors (Lipinski definition) is 5. The topological polar surface area (TPSA) is 75.9 Å². The highest BCUT2D eigenvalue weighted by molar-refractivity contribution is 9.10. The van der Waals surface area contributed by atoms with E-state index in [0.29, 0.717) is 11.9 Å². The summed E-state index contributed by atoms with van der Waals surface area (Å²) in [6.45, 7) is 2.95. The zero-order valence-corrected chi connectivity index (χ0v) is 12.2. The lowest BCUT2D eigenvalue weighted by atomic mass is 10.0. The van der Waals surface area contributed by atoms with Gasteiger partial charge in [0.25, 0.3) is 0 Å². The Bertz CT molecular complexity index is 532. The molecular weight excluding hydrogens is 306 g/mol. The first-order valence-electron chi connectivity index (χ1n) is 5.98. The fourth-order valence-corrected chi connectivity index (χ4v) is 2.04. The second kappa shape index (κ2) is 6.49. The van der Waals surface area contributed by atoms with Crippen LogP contribution in [0.5, 0.6) is 0 Å². The summed E-state index contributed by atoms with van der Waals surface area (Å²) in [5, 5.41) is 3.29. The van der Waals surface area contributed by atoms with Gasteiger partial charge in [0.2, 0.25) is 5.95 Å². The van der Waals surface area contributed by atoms with Gasteiger partial charge in [0, 0.05) is 12.7 Å². The molecule has 0 radical (unpaired) electrons. The quantitative estimate of drug-likeness (QED) is 0.583. The van der Waals surface area contributed by atoms with Crippen LogP contribution >= 0.6 is 15.9 Å². The summed E-state index contributed by atoms with van der Waals surface area (Å²) in [6, 6.07) is 10.3. The van der Waals surface area contributed by atoms with Crippen molar-refractivity contribution in [2.45, 2.75) is 12.8 Å². The standard InChI is InChI=1S/C13H16BrN5/c1-9(10-5-3-2-4-6-10)7-16-12-11(14)8-17-13(18-12)19-15/h2-6,8-9H,7,15H2,1H3,(H2,16,17,18,19). The third-order valence-corrected chi connectivity index (χ3v) is 3.40. The van der Waals surface area contributed by atoms with E-state index in [4.69, 9.17) is 5.84 Å². The summed E-state index contributed by atoms with van der Waals surface area (Å²) < 4.78 is 0.812. The number of hydrazine groups is 1. The van der Waals surface area contributed by atoms with Crippen LogP contribution in [0.3, 0.4) is 0 Å². The maximum absolute atomic E-state index is 5.30. The van der Waals surface area contributed by atoms with Gasteiger partial charge < -0.3 is 5.32 Å². The Hall–Kier alpha value is -1.66. The maximum Gasteiger partial charge on any atom is 0.239 e. The zero-order chi connectivity index (χ0) is 13.7. The number of halogens is 1. The van der Waals surface area contributed by atoms with Gasteiger partial charge in [0.15, 0.2) is 0 Å². The first kappa shape index (κ1) is 13.8. The molecule has 2 aromatic rings. The molecule has 0 spiro atoms. The molecule has 1 unspecified atom stereocenters. The van der Waals surface area contributed by atoms with E-state index in [1.54, 1.807) is 6.20 Å². The molecule has 0 fully saturated rings. The van der Waals surface area contributed by atoms with E-state index >= 15 is 0 Å². The van der Waals surface area contributed by atoms with Crippen LogP contribution < -0.4 is 16.6 Å². The van der Waals surface area contributed by atoms with E-state index in [2.05, 4.69) is 55.7 Å². The molecule has 0 aliphatic carbocycles. The van der Waals surface area contributed by atoms with Crippen LogP contribution in [-0.4, -0.2) is 16.5 Å². The normalized spacial score (nSPS) is 11.9. The second-order valence-corrected chi connectivity index (χ2v) is 5.08. The van der Waals surface area contributed by atoms with Gasteiger partial charge in [-0.15, -0.1) is 0 Å². The number of aromatic nitrogens is 2. The molecule has 19 heavy (non-hydrogen) atoms. The largest absolute Gasteiger partial charge is 0.368 e. The van der Waals surface area contributed by atoms with Gasteiger partial charge in [-0.05, 0) is 27.4 Å². The van der Waals surface area contributed by atoms with Crippen molar-refractivity contribution in [1.82, 2.24) is 9.97 Å². The molecule has 0 aliphatic rings. The molecule has 6 heteroatoms. The van der Waals surface area contributed by atoms with Gasteiger partial charge in [-0.2, -0.15) is 4.98 Å². The SMILES string of the molecule is CC(CNc1nc(NN)ncc1Br)c1ccccc1. The van der Waals surface area contributed by atoms with Gasteiger partial charge in [-0.25, -0.2) is 10.8 Å². The maximum atomic E-state index is 5.30. The summed E-state index contributed by atoms with van der Waals surface area (Å²) in [6.07, 6.45) is 1.66. The van der Waals surface area contributed by atoms with Crippen LogP contribution in [-0.2, 0) is 0 Å². The molecule has 1 heterocycles. The molecule has 1 aromatic carbocycles. The third-order valence-electron chi connectivity index (χ3n) is 2.82. The number of rotatable bonds is 5. The minimum Gasteiger partial charge on any atom is -0.368 e.